The van der Waals surface area contributed by atoms with E-state index in [0.29, 0.717) is 0 Å². The molecular weight excluding hydrogens is 320 g/mol. The van der Waals surface area contributed by atoms with Gasteiger partial charge in [0.1, 0.15) is 0 Å². The van der Waals surface area contributed by atoms with Crippen molar-refractivity contribution in [2.45, 2.75) is 50.7 Å². The number of aliphatic hydroxyl groups is 1. The van der Waals surface area contributed by atoms with E-state index in [9.17, 15) is 9.90 Å². The summed E-state index contributed by atoms with van der Waals surface area (Å²) in [5.74, 6) is 0.264. The van der Waals surface area contributed by atoms with E-state index in [1.54, 1.807) is 17.5 Å². The van der Waals surface area contributed by atoms with Gasteiger partial charge in [-0.05, 0) is 62.1 Å². The highest BCUT2D eigenvalue weighted by atomic mass is 32.1. The number of amides is 1. The van der Waals surface area contributed by atoms with Crippen LogP contribution in [-0.4, -0.2) is 22.1 Å². The van der Waals surface area contributed by atoms with Crippen molar-refractivity contribution in [1.82, 2.24) is 10.3 Å². The van der Waals surface area contributed by atoms with Crippen LogP contribution < -0.4 is 5.32 Å². The molecule has 0 bridgehead atoms. The summed E-state index contributed by atoms with van der Waals surface area (Å²) in [4.78, 5) is 18.7. The lowest BCUT2D eigenvalue weighted by molar-refractivity contribution is 0.0228. The fourth-order valence-electron chi connectivity index (χ4n) is 3.80. The lowest BCUT2D eigenvalue weighted by Crippen LogP contribution is -2.41. The highest BCUT2D eigenvalue weighted by Crippen LogP contribution is 2.38. The molecule has 2 aromatic heterocycles. The predicted octanol–water partition coefficient (Wildman–Crippen LogP) is 3.26. The third-order valence-electron chi connectivity index (χ3n) is 5.22. The number of nitrogens with one attached hydrogen (secondary N) is 1. The van der Waals surface area contributed by atoms with E-state index in [-0.39, 0.29) is 24.0 Å². The number of aliphatic hydroxyl groups excluding tert-OH is 1. The summed E-state index contributed by atoms with van der Waals surface area (Å²) in [5, 5.41) is 14.9. The number of aromatic nitrogens is 1. The first-order valence-electron chi connectivity index (χ1n) is 8.71. The molecule has 0 aromatic carbocycles. The van der Waals surface area contributed by atoms with Crippen molar-refractivity contribution in [2.24, 2.45) is 5.92 Å². The van der Waals surface area contributed by atoms with E-state index in [0.717, 1.165) is 36.9 Å². The summed E-state index contributed by atoms with van der Waals surface area (Å²) in [6, 6.07) is 5.66. The van der Waals surface area contributed by atoms with Crippen molar-refractivity contribution in [1.29, 1.82) is 0 Å². The molecule has 0 unspecified atom stereocenters. The summed E-state index contributed by atoms with van der Waals surface area (Å²) >= 11 is 1.72. The van der Waals surface area contributed by atoms with E-state index < -0.39 is 0 Å². The second kappa shape index (κ2) is 6.65. The van der Waals surface area contributed by atoms with Gasteiger partial charge in [-0.15, -0.1) is 11.3 Å². The lowest BCUT2D eigenvalue weighted by Gasteiger charge is -2.37. The van der Waals surface area contributed by atoms with Crippen LogP contribution in [0.3, 0.4) is 0 Å². The van der Waals surface area contributed by atoms with Crippen LogP contribution in [0.1, 0.15) is 58.2 Å². The average Bonchev–Trinajstić information content (AvgIpc) is 3.02. The molecule has 2 aliphatic carbocycles. The monoisotopic (exact) mass is 342 g/mol. The Morgan fingerprint density at radius 2 is 2.12 bits per heavy atom. The lowest BCUT2D eigenvalue weighted by atomic mass is 9.76. The average molecular weight is 342 g/mol. The molecule has 2 N–H and O–H groups in total. The minimum atomic E-state index is -0.243. The Morgan fingerprint density at radius 1 is 1.29 bits per heavy atom. The number of fused-ring (bicyclic) bond motifs is 1. The molecule has 2 aromatic rings. The van der Waals surface area contributed by atoms with Crippen molar-refractivity contribution in [3.8, 4) is 0 Å². The topological polar surface area (TPSA) is 62.2 Å². The van der Waals surface area contributed by atoms with Gasteiger partial charge < -0.3 is 10.4 Å². The number of hydrogen-bond donors (Lipinski definition) is 2. The molecule has 2 aliphatic rings. The van der Waals surface area contributed by atoms with Gasteiger partial charge in [-0.25, -0.2) is 0 Å². The Kier molecular flexibility index (Phi) is 4.37. The van der Waals surface area contributed by atoms with E-state index in [1.165, 1.54) is 23.3 Å². The van der Waals surface area contributed by atoms with Crippen molar-refractivity contribution in [3.05, 3.63) is 51.5 Å². The molecule has 4 nitrogen and oxygen atoms in total. The number of hydrogen-bond acceptors (Lipinski definition) is 4. The van der Waals surface area contributed by atoms with Gasteiger partial charge in [0.15, 0.2) is 0 Å². The second-order valence-electron chi connectivity index (χ2n) is 6.85. The van der Waals surface area contributed by atoms with Gasteiger partial charge >= 0.3 is 0 Å². The van der Waals surface area contributed by atoms with E-state index in [4.69, 9.17) is 0 Å². The Hall–Kier alpha value is -1.72. The molecule has 0 saturated heterocycles. The van der Waals surface area contributed by atoms with Gasteiger partial charge in [-0.3, -0.25) is 9.78 Å². The fourth-order valence-corrected chi connectivity index (χ4v) is 4.92. The van der Waals surface area contributed by atoms with Gasteiger partial charge in [0.05, 0.1) is 23.4 Å². The van der Waals surface area contributed by atoms with Crippen LogP contribution in [0.2, 0.25) is 0 Å². The maximum Gasteiger partial charge on any atom is 0.252 e. The Bertz CT molecular complexity index is 722. The van der Waals surface area contributed by atoms with Gasteiger partial charge in [0, 0.05) is 16.5 Å². The Balaban J connectivity index is 1.56. The summed E-state index contributed by atoms with van der Waals surface area (Å²) in [7, 11) is 0. The van der Waals surface area contributed by atoms with Gasteiger partial charge in [-0.1, -0.05) is 6.07 Å². The van der Waals surface area contributed by atoms with E-state index >= 15 is 0 Å². The molecule has 126 valence electrons. The fraction of sp³-hybridized carbons (Fsp3) is 0.474. The normalized spacial score (nSPS) is 23.9. The van der Waals surface area contributed by atoms with Crippen molar-refractivity contribution in [3.63, 3.8) is 0 Å². The number of nitrogens with zero attached hydrogens (tertiary/aromatic N) is 1. The van der Waals surface area contributed by atoms with Crippen LogP contribution in [-0.2, 0) is 12.8 Å². The van der Waals surface area contributed by atoms with Crippen LogP contribution in [0, 0.1) is 5.92 Å². The minimum Gasteiger partial charge on any atom is -0.393 e. The maximum atomic E-state index is 12.9. The van der Waals surface area contributed by atoms with Crippen molar-refractivity contribution < 1.29 is 9.90 Å². The molecule has 4 rings (SSSR count). The van der Waals surface area contributed by atoms with Crippen LogP contribution in [0.4, 0.5) is 0 Å². The van der Waals surface area contributed by atoms with Gasteiger partial charge in [0.25, 0.3) is 5.91 Å². The number of rotatable bonds is 4. The molecule has 1 fully saturated rings. The van der Waals surface area contributed by atoms with Gasteiger partial charge in [-0.2, -0.15) is 0 Å². The molecule has 1 saturated carbocycles. The number of pyridine rings is 1. The number of aryl methyl sites for hydroxylation is 1. The molecule has 0 spiro atoms. The summed E-state index contributed by atoms with van der Waals surface area (Å²) in [5.41, 5.74) is 2.97. The molecule has 5 heteroatoms. The van der Waals surface area contributed by atoms with Crippen LogP contribution >= 0.6 is 11.3 Å². The summed E-state index contributed by atoms with van der Waals surface area (Å²) in [6.45, 7) is 0. The zero-order chi connectivity index (χ0) is 16.5. The standard InChI is InChI=1S/C19H22N2O2S/c22-13-9-12(10-13)18(16-6-3-4-8-20-16)21-19(23)15-11-24-17-7-2-1-5-14(15)17/h3-4,6,8,11-13,18,22H,1-2,5,7,9-10H2,(H,21,23)/t12?,13?,18-/m0/s1. The maximum absolute atomic E-state index is 12.9. The highest BCUT2D eigenvalue weighted by molar-refractivity contribution is 7.10. The largest absolute Gasteiger partial charge is 0.393 e. The Morgan fingerprint density at radius 3 is 2.88 bits per heavy atom. The third kappa shape index (κ3) is 2.98. The number of carbonyl (C=O) groups is 1. The van der Waals surface area contributed by atoms with Crippen molar-refractivity contribution in [2.75, 3.05) is 0 Å². The first-order valence-corrected chi connectivity index (χ1v) is 9.59. The van der Waals surface area contributed by atoms with Crippen molar-refractivity contribution >= 4 is 17.2 Å². The number of thiophene rings is 1. The summed E-state index contributed by atoms with van der Waals surface area (Å²) < 4.78 is 0. The van der Waals surface area contributed by atoms with E-state index in [1.807, 2.05) is 23.6 Å². The smallest absolute Gasteiger partial charge is 0.252 e. The highest BCUT2D eigenvalue weighted by Gasteiger charge is 2.36. The summed E-state index contributed by atoms with van der Waals surface area (Å²) in [6.07, 6.45) is 7.48. The molecule has 0 aliphatic heterocycles. The molecule has 2 heterocycles. The first-order chi connectivity index (χ1) is 11.7. The number of carbonyl (C=O) groups excluding carboxylic acids is 1. The SMILES string of the molecule is O=C(N[C@H](c1ccccn1)C1CC(O)C1)c1csc2c1CCCC2. The third-order valence-corrected chi connectivity index (χ3v) is 6.31. The molecule has 0 radical (unpaired) electrons. The zero-order valence-electron chi connectivity index (χ0n) is 13.6. The Labute approximate surface area is 145 Å². The molecule has 1 atom stereocenters. The van der Waals surface area contributed by atoms with Gasteiger partial charge in [0.2, 0.25) is 0 Å². The van der Waals surface area contributed by atoms with Crippen LogP contribution in [0.5, 0.6) is 0 Å². The van der Waals surface area contributed by atoms with Crippen LogP contribution in [0.25, 0.3) is 0 Å². The van der Waals surface area contributed by atoms with Crippen LogP contribution in [0.15, 0.2) is 29.8 Å². The second-order valence-corrected chi connectivity index (χ2v) is 7.81. The quantitative estimate of drug-likeness (QED) is 0.896. The molecular formula is C19H22N2O2S. The molecule has 24 heavy (non-hydrogen) atoms. The first kappa shape index (κ1) is 15.8. The minimum absolute atomic E-state index is 0.00597. The zero-order valence-corrected chi connectivity index (χ0v) is 14.4. The predicted molar refractivity (Wildman–Crippen MR) is 94.1 cm³/mol. The van der Waals surface area contributed by atoms with E-state index in [2.05, 4.69) is 10.3 Å². The molecule has 1 amide bonds.